The highest BCUT2D eigenvalue weighted by Gasteiger charge is 2.30. The van der Waals surface area contributed by atoms with E-state index >= 15 is 0 Å². The molecule has 5 rings (SSSR count). The third-order valence-corrected chi connectivity index (χ3v) is 9.80. The molecule has 0 spiro atoms. The number of halogens is 1. The molecule has 1 aromatic heterocycles. The van der Waals surface area contributed by atoms with E-state index in [0.717, 1.165) is 60.1 Å². The fraction of sp³-hybridized carbons (Fsp3) is 0.444. The van der Waals surface area contributed by atoms with Crippen molar-refractivity contribution in [1.82, 2.24) is 14.2 Å². The zero-order valence-electron chi connectivity index (χ0n) is 20.4. The molecule has 0 bridgehead atoms. The van der Waals surface area contributed by atoms with Gasteiger partial charge in [0.25, 0.3) is 5.91 Å². The summed E-state index contributed by atoms with van der Waals surface area (Å²) < 4.78 is 27.6. The van der Waals surface area contributed by atoms with E-state index in [2.05, 4.69) is 16.0 Å². The molecule has 0 radical (unpaired) electrons. The maximum absolute atomic E-state index is 13.0. The molecule has 36 heavy (non-hydrogen) atoms. The van der Waals surface area contributed by atoms with E-state index in [4.69, 9.17) is 17.3 Å². The van der Waals surface area contributed by atoms with Crippen molar-refractivity contribution in [2.75, 3.05) is 38.5 Å². The van der Waals surface area contributed by atoms with E-state index < -0.39 is 15.9 Å². The van der Waals surface area contributed by atoms with Crippen LogP contribution in [0.1, 0.15) is 53.9 Å². The molecule has 0 aliphatic carbocycles. The molecule has 9 heteroatoms. The largest absolute Gasteiger partial charge is 0.366 e. The Kier molecular flexibility index (Phi) is 7.40. The number of nitrogens with one attached hydrogen (secondary N) is 1. The van der Waals surface area contributed by atoms with Crippen molar-refractivity contribution < 1.29 is 13.2 Å². The number of aromatic amines is 1. The first-order valence-corrected chi connectivity index (χ1v) is 14.7. The number of likely N-dealkylation sites (tertiary alicyclic amines) is 1. The lowest BCUT2D eigenvalue weighted by Gasteiger charge is -2.31. The highest BCUT2D eigenvalue weighted by atomic mass is 35.5. The minimum Gasteiger partial charge on any atom is -0.366 e. The van der Waals surface area contributed by atoms with Crippen LogP contribution >= 0.6 is 11.6 Å². The van der Waals surface area contributed by atoms with Crippen LogP contribution in [-0.4, -0.2) is 67.0 Å². The first kappa shape index (κ1) is 25.3. The molecular formula is C27H33ClN4O3S. The Morgan fingerprint density at radius 2 is 1.81 bits per heavy atom. The standard InChI is InChI=1S/C27H33ClN4O3S/c28-22-6-3-5-20(15-22)21-16-23-25(18-30-26(23)24(17-21)27(29)33)19-7-12-32(13-8-19)36(34,35)14-4-11-31-9-1-2-10-31/h3,5-6,15-19,30H,1-2,4,7-14H2,(H2,29,33). The average Bonchev–Trinajstić information content (AvgIpc) is 3.53. The van der Waals surface area contributed by atoms with Crippen molar-refractivity contribution in [3.63, 3.8) is 0 Å². The molecule has 3 aromatic rings. The van der Waals surface area contributed by atoms with Gasteiger partial charge < -0.3 is 15.6 Å². The predicted octanol–water partition coefficient (Wildman–Crippen LogP) is 4.58. The number of hydrogen-bond donors (Lipinski definition) is 2. The van der Waals surface area contributed by atoms with E-state index in [0.29, 0.717) is 30.1 Å². The van der Waals surface area contributed by atoms with Gasteiger partial charge in [0.1, 0.15) is 0 Å². The number of aromatic nitrogens is 1. The van der Waals surface area contributed by atoms with Gasteiger partial charge in [0, 0.05) is 29.7 Å². The summed E-state index contributed by atoms with van der Waals surface area (Å²) in [7, 11) is -3.25. The number of carbonyl (C=O) groups is 1. The van der Waals surface area contributed by atoms with Gasteiger partial charge >= 0.3 is 0 Å². The van der Waals surface area contributed by atoms with Crippen molar-refractivity contribution >= 4 is 38.4 Å². The minimum atomic E-state index is -3.25. The fourth-order valence-corrected chi connectivity index (χ4v) is 7.38. The number of hydrogen-bond acceptors (Lipinski definition) is 4. The molecule has 1 amide bonds. The van der Waals surface area contributed by atoms with E-state index in [9.17, 15) is 13.2 Å². The Bertz CT molecular complexity index is 1360. The van der Waals surface area contributed by atoms with Gasteiger partial charge in [-0.2, -0.15) is 0 Å². The fourth-order valence-electron chi connectivity index (χ4n) is 5.67. The number of sulfonamides is 1. The normalized spacial score (nSPS) is 18.2. The van der Waals surface area contributed by atoms with Crippen LogP contribution in [0.4, 0.5) is 0 Å². The Morgan fingerprint density at radius 1 is 1.06 bits per heavy atom. The highest BCUT2D eigenvalue weighted by Crippen LogP contribution is 2.37. The number of rotatable bonds is 8. The van der Waals surface area contributed by atoms with Gasteiger partial charge in [0.05, 0.1) is 16.8 Å². The summed E-state index contributed by atoms with van der Waals surface area (Å²) in [5, 5.41) is 1.57. The maximum atomic E-state index is 13.0. The first-order valence-electron chi connectivity index (χ1n) is 12.7. The Morgan fingerprint density at radius 3 is 2.50 bits per heavy atom. The number of primary amides is 1. The number of amides is 1. The molecule has 2 aliphatic rings. The second-order valence-electron chi connectivity index (χ2n) is 9.96. The van der Waals surface area contributed by atoms with E-state index in [1.165, 1.54) is 12.8 Å². The predicted molar refractivity (Wildman–Crippen MR) is 145 cm³/mol. The second-order valence-corrected chi connectivity index (χ2v) is 12.5. The number of nitrogens with two attached hydrogens (primary N) is 1. The molecule has 3 heterocycles. The van der Waals surface area contributed by atoms with Crippen LogP contribution in [0.25, 0.3) is 22.0 Å². The van der Waals surface area contributed by atoms with Crippen LogP contribution < -0.4 is 5.73 Å². The summed E-state index contributed by atoms with van der Waals surface area (Å²) in [4.78, 5) is 17.9. The zero-order valence-corrected chi connectivity index (χ0v) is 22.0. The number of fused-ring (bicyclic) bond motifs is 1. The van der Waals surface area contributed by atoms with Gasteiger partial charge in [0.15, 0.2) is 0 Å². The number of carbonyl (C=O) groups excluding carboxylic acids is 1. The van der Waals surface area contributed by atoms with Crippen LogP contribution in [-0.2, 0) is 10.0 Å². The molecule has 2 aliphatic heterocycles. The average molecular weight is 529 g/mol. The number of benzene rings is 2. The van der Waals surface area contributed by atoms with E-state index in [-0.39, 0.29) is 11.7 Å². The van der Waals surface area contributed by atoms with Crippen LogP contribution in [0.15, 0.2) is 42.6 Å². The van der Waals surface area contributed by atoms with Crippen molar-refractivity contribution in [3.05, 3.63) is 58.7 Å². The molecule has 7 nitrogen and oxygen atoms in total. The van der Waals surface area contributed by atoms with Crippen LogP contribution in [0, 0.1) is 0 Å². The summed E-state index contributed by atoms with van der Waals surface area (Å²) in [5.41, 5.74) is 9.77. The summed E-state index contributed by atoms with van der Waals surface area (Å²) in [6.45, 7) is 4.07. The van der Waals surface area contributed by atoms with Gasteiger partial charge in [-0.25, -0.2) is 12.7 Å². The second kappa shape index (κ2) is 10.5. The molecule has 2 aromatic carbocycles. The molecule has 0 atom stereocenters. The summed E-state index contributed by atoms with van der Waals surface area (Å²) >= 11 is 6.21. The van der Waals surface area contributed by atoms with Crippen molar-refractivity contribution in [1.29, 1.82) is 0 Å². The molecule has 2 saturated heterocycles. The topological polar surface area (TPSA) is 99.5 Å². The van der Waals surface area contributed by atoms with Crippen LogP contribution in [0.3, 0.4) is 0 Å². The molecule has 192 valence electrons. The first-order chi connectivity index (χ1) is 17.3. The third kappa shape index (κ3) is 5.32. The number of piperidine rings is 1. The van der Waals surface area contributed by atoms with Crippen molar-refractivity contribution in [3.8, 4) is 11.1 Å². The van der Waals surface area contributed by atoms with Gasteiger partial charge in [0.2, 0.25) is 10.0 Å². The summed E-state index contributed by atoms with van der Waals surface area (Å²) in [6, 6.07) is 11.4. The van der Waals surface area contributed by atoms with Crippen molar-refractivity contribution in [2.24, 2.45) is 5.73 Å². The molecule has 2 fully saturated rings. The Labute approximate surface area is 217 Å². The van der Waals surface area contributed by atoms with E-state index in [1.54, 1.807) is 10.4 Å². The summed E-state index contributed by atoms with van der Waals surface area (Å²) in [6.07, 6.45) is 6.55. The lowest BCUT2D eigenvalue weighted by molar-refractivity contribution is 0.100. The Hall–Kier alpha value is -2.39. The number of nitrogens with zero attached hydrogens (tertiary/aromatic N) is 2. The van der Waals surface area contributed by atoms with Gasteiger partial charge in [-0.05, 0) is 98.6 Å². The summed E-state index contributed by atoms with van der Waals surface area (Å²) in [5.74, 6) is -0.0797. The minimum absolute atomic E-state index is 0.199. The lowest BCUT2D eigenvalue weighted by Crippen LogP contribution is -2.39. The lowest BCUT2D eigenvalue weighted by atomic mass is 9.88. The molecule has 3 N–H and O–H groups in total. The smallest absolute Gasteiger partial charge is 0.250 e. The maximum Gasteiger partial charge on any atom is 0.250 e. The van der Waals surface area contributed by atoms with Crippen molar-refractivity contribution in [2.45, 2.75) is 38.0 Å². The molecule has 0 saturated carbocycles. The van der Waals surface area contributed by atoms with Crippen LogP contribution in [0.2, 0.25) is 5.02 Å². The van der Waals surface area contributed by atoms with Crippen LogP contribution in [0.5, 0.6) is 0 Å². The quantitative estimate of drug-likeness (QED) is 0.447. The highest BCUT2D eigenvalue weighted by molar-refractivity contribution is 7.89. The zero-order chi connectivity index (χ0) is 25.3. The van der Waals surface area contributed by atoms with Gasteiger partial charge in [-0.15, -0.1) is 0 Å². The molecule has 0 unspecified atom stereocenters. The SMILES string of the molecule is NC(=O)c1cc(-c2cccc(Cl)c2)cc2c(C3CCN(S(=O)(=O)CCCN4CCCC4)CC3)c[nH]c12. The van der Waals surface area contributed by atoms with E-state index in [1.807, 2.05) is 30.5 Å². The molecular weight excluding hydrogens is 496 g/mol. The van der Waals surface area contributed by atoms with Gasteiger partial charge in [-0.1, -0.05) is 23.7 Å². The van der Waals surface area contributed by atoms with Gasteiger partial charge in [-0.3, -0.25) is 4.79 Å². The Balaban J connectivity index is 1.33. The monoisotopic (exact) mass is 528 g/mol. The third-order valence-electron chi connectivity index (χ3n) is 7.61. The number of H-pyrrole nitrogens is 1.